The lowest BCUT2D eigenvalue weighted by molar-refractivity contribution is -0.143. The Morgan fingerprint density at radius 2 is 1.19 bits per heavy atom. The fourth-order valence-corrected chi connectivity index (χ4v) is 7.81. The minimum atomic E-state index is -1.75. The first-order valence-electron chi connectivity index (χ1n) is 21.3. The molecule has 18 nitrogen and oxygen atoms in total. The highest BCUT2D eigenvalue weighted by atomic mass is 16.4. The number of amides is 7. The fourth-order valence-electron chi connectivity index (χ4n) is 7.81. The number of nitrogens with one attached hydrogen (secondary N) is 7. The summed E-state index contributed by atoms with van der Waals surface area (Å²) in [6.07, 6.45) is 3.35. The number of urea groups is 1. The molecule has 1 saturated heterocycles. The summed E-state index contributed by atoms with van der Waals surface area (Å²) in [6, 6.07) is 5.90. The quantitative estimate of drug-likeness (QED) is 0.0520. The minimum absolute atomic E-state index is 0.00626. The first-order chi connectivity index (χ1) is 29.9. The van der Waals surface area contributed by atoms with Crippen molar-refractivity contribution in [1.82, 2.24) is 41.5 Å². The van der Waals surface area contributed by atoms with Gasteiger partial charge in [-0.3, -0.25) is 28.8 Å². The Morgan fingerprint density at radius 1 is 0.683 bits per heavy atom. The third kappa shape index (κ3) is 11.4. The molecule has 3 heterocycles. The average Bonchev–Trinajstić information content (AvgIpc) is 3.93. The summed E-state index contributed by atoms with van der Waals surface area (Å²) in [6.45, 7) is 10.5. The highest BCUT2D eigenvalue weighted by Crippen LogP contribution is 2.25. The summed E-state index contributed by atoms with van der Waals surface area (Å²) >= 11 is 0. The van der Waals surface area contributed by atoms with Crippen molar-refractivity contribution in [2.45, 2.75) is 116 Å². The molecule has 0 radical (unpaired) electrons. The van der Waals surface area contributed by atoms with Crippen molar-refractivity contribution in [3.05, 3.63) is 72.1 Å². The zero-order chi connectivity index (χ0) is 46.1. The molecule has 0 bridgehead atoms. The van der Waals surface area contributed by atoms with E-state index in [0.29, 0.717) is 18.4 Å². The number of carbonyl (C=O) groups is 8. The molecular formula is C45H58N8O10. The van der Waals surface area contributed by atoms with Gasteiger partial charge < -0.3 is 46.8 Å². The molecule has 4 aromatic rings. The van der Waals surface area contributed by atoms with E-state index in [1.54, 1.807) is 53.9 Å². The van der Waals surface area contributed by atoms with Crippen LogP contribution in [0.4, 0.5) is 4.79 Å². The molecule has 338 valence electrons. The highest BCUT2D eigenvalue weighted by Gasteiger charge is 2.46. The van der Waals surface area contributed by atoms with Gasteiger partial charge in [0.25, 0.3) is 5.91 Å². The van der Waals surface area contributed by atoms with Crippen LogP contribution in [-0.4, -0.2) is 109 Å². The van der Waals surface area contributed by atoms with Crippen LogP contribution in [0.3, 0.4) is 0 Å². The second-order valence-corrected chi connectivity index (χ2v) is 16.8. The smallest absolute Gasteiger partial charge is 0.326 e. The van der Waals surface area contributed by atoms with Gasteiger partial charge in [0.15, 0.2) is 0 Å². The molecule has 0 spiro atoms. The van der Waals surface area contributed by atoms with Gasteiger partial charge in [-0.05, 0) is 47.4 Å². The van der Waals surface area contributed by atoms with Gasteiger partial charge in [-0.1, -0.05) is 90.8 Å². The summed E-state index contributed by atoms with van der Waals surface area (Å²) in [5.41, 5.74) is 3.08. The van der Waals surface area contributed by atoms with Gasteiger partial charge in [0.05, 0.1) is 6.42 Å². The largest absolute Gasteiger partial charge is 0.481 e. The predicted octanol–water partition coefficient (Wildman–Crippen LogP) is 3.36. The SMILES string of the molecule is CC[C@H](C)[C@H](NC(=O)[C@H](CC(=O)O)NC(=O)[C@@H](CC(C)C)N1C(=O)N[C@H](Cc2c[nH]c3ccccc23)C1=O)C(=O)N[C@H](C(=O)N[C@@H](Cc1c[nH]c2ccccc12)C(=O)O)[C@@H](C)CC. The van der Waals surface area contributed by atoms with Gasteiger partial charge in [-0.25, -0.2) is 14.5 Å². The van der Waals surface area contributed by atoms with Crippen LogP contribution in [0.1, 0.15) is 78.4 Å². The van der Waals surface area contributed by atoms with Crippen molar-refractivity contribution in [2.75, 3.05) is 0 Å². The Balaban J connectivity index is 1.31. The number of para-hydroxylation sites is 2. The topological polar surface area (TPSA) is 272 Å². The van der Waals surface area contributed by atoms with E-state index in [0.717, 1.165) is 32.3 Å². The van der Waals surface area contributed by atoms with E-state index in [9.17, 15) is 48.6 Å². The summed E-state index contributed by atoms with van der Waals surface area (Å²) in [5, 5.41) is 34.6. The van der Waals surface area contributed by atoms with Crippen molar-refractivity contribution in [3.63, 3.8) is 0 Å². The van der Waals surface area contributed by atoms with Crippen LogP contribution in [-0.2, 0) is 46.4 Å². The van der Waals surface area contributed by atoms with E-state index < -0.39 is 102 Å². The summed E-state index contributed by atoms with van der Waals surface area (Å²) < 4.78 is 0. The maximum Gasteiger partial charge on any atom is 0.326 e. The number of carboxylic acids is 2. The van der Waals surface area contributed by atoms with Crippen LogP contribution in [0.25, 0.3) is 21.8 Å². The van der Waals surface area contributed by atoms with Crippen LogP contribution < -0.4 is 26.6 Å². The van der Waals surface area contributed by atoms with Gasteiger partial charge in [0.2, 0.25) is 23.6 Å². The second kappa shape index (κ2) is 20.9. The number of carboxylic acid groups (broad SMARTS) is 2. The standard InChI is InChI=1S/C45H58N8O10/c1-7-24(5)37(41(58)49-34(44(61)62)19-27-22-47-31-16-12-10-14-29(27)31)52-42(59)38(25(6)8-2)51-39(56)32(20-36(54)55)48-40(57)35(17-23(3)4)53-43(60)33(50-45(53)63)18-26-21-46-30-15-11-9-13-28(26)30/h9-16,21-25,32-35,37-38,46-47H,7-8,17-20H2,1-6H3,(H,48,57)(H,49,58)(H,50,63)(H,51,56)(H,52,59)(H,54,55)(H,61,62)/t24-,25-,32-,33+,34-,35+,37-,38-/m0/s1. The van der Waals surface area contributed by atoms with Crippen molar-refractivity contribution < 1.29 is 48.6 Å². The number of hydrogen-bond donors (Lipinski definition) is 9. The minimum Gasteiger partial charge on any atom is -0.481 e. The van der Waals surface area contributed by atoms with Gasteiger partial charge in [0, 0.05) is 47.0 Å². The van der Waals surface area contributed by atoms with Gasteiger partial charge in [0.1, 0.15) is 36.3 Å². The molecule has 1 aliphatic heterocycles. The van der Waals surface area contributed by atoms with E-state index in [4.69, 9.17) is 0 Å². The van der Waals surface area contributed by atoms with Crippen molar-refractivity contribution in [2.24, 2.45) is 17.8 Å². The second-order valence-electron chi connectivity index (χ2n) is 16.8. The van der Waals surface area contributed by atoms with E-state index in [1.807, 2.05) is 48.5 Å². The lowest BCUT2D eigenvalue weighted by Gasteiger charge is -2.31. The maximum atomic E-state index is 14.1. The summed E-state index contributed by atoms with van der Waals surface area (Å²) in [5.74, 6) is -8.21. The number of aromatic amines is 2. The normalized spacial score (nSPS) is 17.3. The lowest BCUT2D eigenvalue weighted by Crippen LogP contribution is -2.61. The van der Waals surface area contributed by atoms with Crippen LogP contribution in [0.5, 0.6) is 0 Å². The third-order valence-corrected chi connectivity index (χ3v) is 11.8. The first kappa shape index (κ1) is 47.3. The molecule has 2 aromatic carbocycles. The van der Waals surface area contributed by atoms with Crippen molar-refractivity contribution in [1.29, 1.82) is 0 Å². The monoisotopic (exact) mass is 870 g/mol. The maximum absolute atomic E-state index is 14.1. The number of fused-ring (bicyclic) bond motifs is 2. The number of nitrogens with zero attached hydrogens (tertiary/aromatic N) is 1. The molecule has 7 amide bonds. The number of aliphatic carboxylic acids is 2. The third-order valence-electron chi connectivity index (χ3n) is 11.8. The van der Waals surface area contributed by atoms with Crippen molar-refractivity contribution >= 4 is 69.3 Å². The number of imide groups is 1. The molecule has 8 atom stereocenters. The predicted molar refractivity (Wildman–Crippen MR) is 233 cm³/mol. The number of hydrogen-bond acceptors (Lipinski definition) is 8. The molecule has 2 aromatic heterocycles. The molecule has 18 heteroatoms. The molecule has 0 aliphatic carbocycles. The number of rotatable bonds is 22. The molecule has 0 saturated carbocycles. The first-order valence-corrected chi connectivity index (χ1v) is 21.3. The average molecular weight is 871 g/mol. The molecule has 0 unspecified atom stereocenters. The Bertz CT molecular complexity index is 2340. The van der Waals surface area contributed by atoms with E-state index in [1.165, 1.54) is 0 Å². The van der Waals surface area contributed by atoms with Crippen LogP contribution in [0, 0.1) is 17.8 Å². The lowest BCUT2D eigenvalue weighted by atomic mass is 9.94. The number of benzene rings is 2. The number of carbonyl (C=O) groups excluding carboxylic acids is 6. The molecule has 5 rings (SSSR count). The molecule has 1 aliphatic rings. The Kier molecular flexibility index (Phi) is 15.7. The molecule has 1 fully saturated rings. The highest BCUT2D eigenvalue weighted by molar-refractivity contribution is 6.08. The van der Waals surface area contributed by atoms with Gasteiger partial charge in [-0.15, -0.1) is 0 Å². The van der Waals surface area contributed by atoms with Gasteiger partial charge in [-0.2, -0.15) is 0 Å². The summed E-state index contributed by atoms with van der Waals surface area (Å²) in [7, 11) is 0. The Labute approximate surface area is 364 Å². The fraction of sp³-hybridized carbons (Fsp3) is 0.467. The Morgan fingerprint density at radius 3 is 1.73 bits per heavy atom. The van der Waals surface area contributed by atoms with Gasteiger partial charge >= 0.3 is 18.0 Å². The molecule has 63 heavy (non-hydrogen) atoms. The van der Waals surface area contributed by atoms with Crippen LogP contribution in [0.15, 0.2) is 60.9 Å². The van der Waals surface area contributed by atoms with Crippen molar-refractivity contribution in [3.8, 4) is 0 Å². The van der Waals surface area contributed by atoms with Crippen LogP contribution in [0.2, 0.25) is 0 Å². The molecular weight excluding hydrogens is 813 g/mol. The van der Waals surface area contributed by atoms with E-state index in [2.05, 4.69) is 36.6 Å². The Hall–Kier alpha value is -6.72. The number of aromatic nitrogens is 2. The summed E-state index contributed by atoms with van der Waals surface area (Å²) in [4.78, 5) is 115. The van der Waals surface area contributed by atoms with E-state index in [-0.39, 0.29) is 25.2 Å². The molecule has 9 N–H and O–H groups in total. The zero-order valence-corrected chi connectivity index (χ0v) is 36.3. The zero-order valence-electron chi connectivity index (χ0n) is 36.3. The van der Waals surface area contributed by atoms with Crippen LogP contribution >= 0.6 is 0 Å². The number of H-pyrrole nitrogens is 2. The van der Waals surface area contributed by atoms with E-state index >= 15 is 0 Å².